The van der Waals surface area contributed by atoms with Crippen molar-refractivity contribution in [3.63, 3.8) is 0 Å². The van der Waals surface area contributed by atoms with Crippen LogP contribution in [0.25, 0.3) is 0 Å². The first-order valence-electron chi connectivity index (χ1n) is 11.1. The molecule has 5 heteroatoms. The van der Waals surface area contributed by atoms with E-state index in [1.54, 1.807) is 0 Å². The average Bonchev–Trinajstić information content (AvgIpc) is 2.72. The smallest absolute Gasteiger partial charge is 0.308 e. The van der Waals surface area contributed by atoms with Crippen LogP contribution in [0.5, 0.6) is 11.5 Å². The molecule has 2 atom stereocenters. The van der Waals surface area contributed by atoms with Crippen molar-refractivity contribution < 1.29 is 19.1 Å². The molecule has 0 N–H and O–H groups in total. The monoisotopic (exact) mass is 442 g/mol. The minimum absolute atomic E-state index is 0.291. The van der Waals surface area contributed by atoms with E-state index in [1.165, 1.54) is 13.8 Å². The van der Waals surface area contributed by atoms with E-state index in [2.05, 4.69) is 26.0 Å². The Morgan fingerprint density at radius 3 is 1.48 bits per heavy atom. The third-order valence-corrected chi connectivity index (χ3v) is 6.41. The van der Waals surface area contributed by atoms with Crippen molar-refractivity contribution >= 4 is 23.7 Å². The normalized spacial score (nSPS) is 12.8. The lowest BCUT2D eigenvalue weighted by Crippen LogP contribution is -2.11. The van der Waals surface area contributed by atoms with Gasteiger partial charge in [0.1, 0.15) is 11.5 Å². The Balaban J connectivity index is 2.14. The van der Waals surface area contributed by atoms with Gasteiger partial charge in [-0.25, -0.2) is 0 Å². The van der Waals surface area contributed by atoms with Gasteiger partial charge >= 0.3 is 11.9 Å². The molecule has 0 fully saturated rings. The Bertz CT molecular complexity index is 779. The van der Waals surface area contributed by atoms with E-state index >= 15 is 0 Å². The van der Waals surface area contributed by atoms with Gasteiger partial charge in [0.25, 0.3) is 0 Å². The molecule has 31 heavy (non-hydrogen) atoms. The van der Waals surface area contributed by atoms with E-state index in [9.17, 15) is 9.59 Å². The minimum atomic E-state index is -0.291. The summed E-state index contributed by atoms with van der Waals surface area (Å²) in [6.07, 6.45) is 4.20. The van der Waals surface area contributed by atoms with Crippen LogP contribution in [0.4, 0.5) is 0 Å². The number of hydrogen-bond donors (Lipinski definition) is 0. The molecular formula is C26H34O4S. The molecule has 168 valence electrons. The highest BCUT2D eigenvalue weighted by molar-refractivity contribution is 7.99. The van der Waals surface area contributed by atoms with Gasteiger partial charge in [0, 0.05) is 25.4 Å². The zero-order chi connectivity index (χ0) is 22.6. The summed E-state index contributed by atoms with van der Waals surface area (Å²) in [5.74, 6) is 3.28. The SMILES string of the molecule is CCCC(CSCC(CCC)c1ccccc1OC(C)=O)c1ccccc1OC(C)=O. The topological polar surface area (TPSA) is 52.6 Å². The van der Waals surface area contributed by atoms with Crippen molar-refractivity contribution in [1.82, 2.24) is 0 Å². The maximum absolute atomic E-state index is 11.5. The van der Waals surface area contributed by atoms with Gasteiger partial charge in [-0.15, -0.1) is 0 Å². The molecule has 2 aromatic rings. The van der Waals surface area contributed by atoms with Crippen LogP contribution in [-0.2, 0) is 9.59 Å². The fourth-order valence-electron chi connectivity index (χ4n) is 3.84. The van der Waals surface area contributed by atoms with E-state index in [4.69, 9.17) is 9.47 Å². The summed E-state index contributed by atoms with van der Waals surface area (Å²) in [6, 6.07) is 15.7. The molecule has 0 amide bonds. The lowest BCUT2D eigenvalue weighted by Gasteiger charge is -2.22. The third kappa shape index (κ3) is 8.06. The number of carbonyl (C=O) groups excluding carboxylic acids is 2. The van der Waals surface area contributed by atoms with Crippen LogP contribution < -0.4 is 9.47 Å². The molecule has 0 bridgehead atoms. The number of rotatable bonds is 12. The number of thioether (sulfide) groups is 1. The first-order valence-corrected chi connectivity index (χ1v) is 12.2. The number of carbonyl (C=O) groups is 2. The molecule has 4 nitrogen and oxygen atoms in total. The van der Waals surface area contributed by atoms with Crippen molar-refractivity contribution in [2.75, 3.05) is 11.5 Å². The van der Waals surface area contributed by atoms with Crippen LogP contribution in [0.15, 0.2) is 48.5 Å². The van der Waals surface area contributed by atoms with E-state index in [0.717, 1.165) is 48.3 Å². The van der Waals surface area contributed by atoms with Gasteiger partial charge in [0.05, 0.1) is 0 Å². The van der Waals surface area contributed by atoms with Crippen molar-refractivity contribution in [2.24, 2.45) is 0 Å². The molecular weight excluding hydrogens is 408 g/mol. The molecule has 0 spiro atoms. The number of esters is 2. The number of benzene rings is 2. The zero-order valence-electron chi connectivity index (χ0n) is 19.1. The van der Waals surface area contributed by atoms with Crippen LogP contribution in [0.1, 0.15) is 76.3 Å². The molecule has 2 aromatic carbocycles. The summed E-state index contributed by atoms with van der Waals surface area (Å²) >= 11 is 1.91. The van der Waals surface area contributed by atoms with Crippen molar-refractivity contribution in [3.05, 3.63) is 59.7 Å². The molecule has 0 aliphatic heterocycles. The molecule has 0 heterocycles. The minimum Gasteiger partial charge on any atom is -0.426 e. The predicted octanol–water partition coefficient (Wildman–Crippen LogP) is 6.74. The first-order chi connectivity index (χ1) is 15.0. The molecule has 2 unspecified atom stereocenters. The highest BCUT2D eigenvalue weighted by Crippen LogP contribution is 2.36. The summed E-state index contributed by atoms with van der Waals surface area (Å²) in [5.41, 5.74) is 2.19. The van der Waals surface area contributed by atoms with Gasteiger partial charge in [0.2, 0.25) is 0 Å². The second kappa shape index (κ2) is 13.2. The Morgan fingerprint density at radius 1 is 0.742 bits per heavy atom. The van der Waals surface area contributed by atoms with Gasteiger partial charge in [-0.1, -0.05) is 63.1 Å². The molecule has 0 radical (unpaired) electrons. The van der Waals surface area contributed by atoms with Crippen LogP contribution in [-0.4, -0.2) is 23.4 Å². The molecule has 2 rings (SSSR count). The highest BCUT2D eigenvalue weighted by atomic mass is 32.2. The summed E-state index contributed by atoms with van der Waals surface area (Å²) in [5, 5.41) is 0. The predicted molar refractivity (Wildman–Crippen MR) is 128 cm³/mol. The van der Waals surface area contributed by atoms with Crippen LogP contribution >= 0.6 is 11.8 Å². The van der Waals surface area contributed by atoms with E-state index in [0.29, 0.717) is 23.3 Å². The number of hydrogen-bond acceptors (Lipinski definition) is 5. The van der Waals surface area contributed by atoms with E-state index < -0.39 is 0 Å². The zero-order valence-corrected chi connectivity index (χ0v) is 19.9. The maximum Gasteiger partial charge on any atom is 0.308 e. The number of para-hydroxylation sites is 2. The Kier molecular flexibility index (Phi) is 10.6. The first kappa shape index (κ1) is 25.0. The fourth-order valence-corrected chi connectivity index (χ4v) is 5.24. The van der Waals surface area contributed by atoms with Crippen LogP contribution in [0.2, 0.25) is 0 Å². The second-order valence-electron chi connectivity index (χ2n) is 7.77. The Morgan fingerprint density at radius 2 is 1.13 bits per heavy atom. The Hall–Kier alpha value is -2.27. The van der Waals surface area contributed by atoms with Crippen LogP contribution in [0.3, 0.4) is 0 Å². The van der Waals surface area contributed by atoms with Gasteiger partial charge in [-0.05, 0) is 47.9 Å². The van der Waals surface area contributed by atoms with Gasteiger partial charge in [0.15, 0.2) is 0 Å². The number of ether oxygens (including phenoxy) is 2. The summed E-state index contributed by atoms with van der Waals surface area (Å²) < 4.78 is 10.9. The maximum atomic E-state index is 11.5. The molecule has 0 aliphatic carbocycles. The average molecular weight is 443 g/mol. The third-order valence-electron chi connectivity index (χ3n) is 5.14. The molecule has 0 aliphatic rings. The van der Waals surface area contributed by atoms with E-state index in [1.807, 2.05) is 48.2 Å². The lowest BCUT2D eigenvalue weighted by molar-refractivity contribution is -0.132. The van der Waals surface area contributed by atoms with Crippen molar-refractivity contribution in [1.29, 1.82) is 0 Å². The van der Waals surface area contributed by atoms with Gasteiger partial charge in [-0.2, -0.15) is 11.8 Å². The fraction of sp³-hybridized carbons (Fsp3) is 0.462. The largest absolute Gasteiger partial charge is 0.426 e. The van der Waals surface area contributed by atoms with Gasteiger partial charge < -0.3 is 9.47 Å². The Labute approximate surface area is 190 Å². The van der Waals surface area contributed by atoms with Gasteiger partial charge in [-0.3, -0.25) is 9.59 Å². The lowest BCUT2D eigenvalue weighted by atomic mass is 9.95. The van der Waals surface area contributed by atoms with E-state index in [-0.39, 0.29) is 11.9 Å². The second-order valence-corrected chi connectivity index (χ2v) is 8.85. The summed E-state index contributed by atoms with van der Waals surface area (Å²) in [4.78, 5) is 23.0. The molecule has 0 aromatic heterocycles. The highest BCUT2D eigenvalue weighted by Gasteiger charge is 2.20. The summed E-state index contributed by atoms with van der Waals surface area (Å²) in [6.45, 7) is 7.25. The standard InChI is InChI=1S/C26H34O4S/c1-5-11-21(23-13-7-9-15-25(23)29-19(3)27)17-31-18-22(12-6-2)24-14-8-10-16-26(24)30-20(4)28/h7-10,13-16,21-22H,5-6,11-12,17-18H2,1-4H3. The molecule has 0 saturated carbocycles. The van der Waals surface area contributed by atoms with Crippen molar-refractivity contribution in [2.45, 2.75) is 65.2 Å². The molecule has 0 saturated heterocycles. The van der Waals surface area contributed by atoms with Crippen molar-refractivity contribution in [3.8, 4) is 11.5 Å². The summed E-state index contributed by atoms with van der Waals surface area (Å²) in [7, 11) is 0. The quantitative estimate of drug-likeness (QED) is 0.269. The van der Waals surface area contributed by atoms with Crippen LogP contribution in [0, 0.1) is 0 Å².